The molecule has 2 aliphatic carbocycles. The Morgan fingerprint density at radius 2 is 1.12 bits per heavy atom. The molecule has 6 rings (SSSR count). The van der Waals surface area contributed by atoms with Gasteiger partial charge in [-0.2, -0.15) is 0 Å². The molecular weight excluding hydrogens is 675 g/mol. The van der Waals surface area contributed by atoms with Crippen LogP contribution in [0.15, 0.2) is 84.9 Å². The number of phenols is 2. The van der Waals surface area contributed by atoms with Gasteiger partial charge in [-0.25, -0.2) is 9.59 Å². The zero-order valence-corrected chi connectivity index (χ0v) is 29.6. The van der Waals surface area contributed by atoms with Crippen LogP contribution in [0.3, 0.4) is 0 Å². The molecule has 0 heterocycles. The third kappa shape index (κ3) is 7.52. The van der Waals surface area contributed by atoms with E-state index in [4.69, 9.17) is 23.2 Å². The van der Waals surface area contributed by atoms with Gasteiger partial charge in [-0.1, -0.05) is 59.6 Å². The standard InChI is InChI=1S/C40H42Cl2N2O6/c1-40(2,44(39(49)50)37-18-10-27-8-16-31(46)22-33(27)35(37)20-25-5-13-29(42)14-6-25)23-43(38(47)48)36-17-9-26-7-15-30(45)21-32(26)34(36)19-24-3-11-28(41)12-4-24/h3-8,11-16,21-22,34-37,45-46H,9-10,17-20,23H2,1-2H3,(H,47,48)(H,49,50). The number of hydrogen-bond donors (Lipinski definition) is 4. The first-order valence-electron chi connectivity index (χ1n) is 16.9. The minimum atomic E-state index is -1.15. The highest BCUT2D eigenvalue weighted by molar-refractivity contribution is 6.30. The number of hydrogen-bond acceptors (Lipinski definition) is 4. The number of carboxylic acid groups (broad SMARTS) is 2. The Kier molecular flexibility index (Phi) is 10.2. The summed E-state index contributed by atoms with van der Waals surface area (Å²) in [6.45, 7) is 3.53. The summed E-state index contributed by atoms with van der Waals surface area (Å²) in [7, 11) is 0. The summed E-state index contributed by atoms with van der Waals surface area (Å²) in [5, 5.41) is 44.0. The second-order valence-corrected chi connectivity index (χ2v) is 15.1. The van der Waals surface area contributed by atoms with Gasteiger partial charge in [-0.05, 0) is 134 Å². The van der Waals surface area contributed by atoms with Crippen molar-refractivity contribution < 1.29 is 30.0 Å². The molecule has 4 atom stereocenters. The summed E-state index contributed by atoms with van der Waals surface area (Å²) in [5.41, 5.74) is 4.70. The van der Waals surface area contributed by atoms with Gasteiger partial charge >= 0.3 is 12.2 Å². The lowest BCUT2D eigenvalue weighted by atomic mass is 9.74. The molecule has 0 aliphatic heterocycles. The number of carbonyl (C=O) groups is 2. The zero-order chi connectivity index (χ0) is 35.7. The fourth-order valence-corrected chi connectivity index (χ4v) is 8.58. The van der Waals surface area contributed by atoms with Gasteiger partial charge in [0.2, 0.25) is 0 Å². The van der Waals surface area contributed by atoms with Crippen molar-refractivity contribution >= 4 is 35.4 Å². The Bertz CT molecular complexity index is 1860. The van der Waals surface area contributed by atoms with Crippen LogP contribution in [0, 0.1) is 0 Å². The summed E-state index contributed by atoms with van der Waals surface area (Å²) >= 11 is 12.4. The first-order chi connectivity index (χ1) is 23.8. The predicted octanol–water partition coefficient (Wildman–Crippen LogP) is 9.13. The normalized spacial score (nSPS) is 20.0. The van der Waals surface area contributed by atoms with Crippen LogP contribution in [0.5, 0.6) is 11.5 Å². The predicted molar refractivity (Wildman–Crippen MR) is 195 cm³/mol. The number of halogens is 2. The summed E-state index contributed by atoms with van der Waals surface area (Å²) < 4.78 is 0. The fraction of sp³-hybridized carbons (Fsp3) is 0.350. The van der Waals surface area contributed by atoms with Crippen molar-refractivity contribution in [1.82, 2.24) is 9.80 Å². The van der Waals surface area contributed by atoms with Crippen molar-refractivity contribution in [3.8, 4) is 11.5 Å². The number of rotatable bonds is 9. The SMILES string of the molecule is CC(C)(CN(C(=O)O)C1CCc2ccc(O)cc2C1Cc1ccc(Cl)cc1)N(C(=O)O)C1CCc2ccc(O)cc2C1Cc1ccc(Cl)cc1. The average molecular weight is 718 g/mol. The van der Waals surface area contributed by atoms with Crippen molar-refractivity contribution in [1.29, 1.82) is 0 Å². The van der Waals surface area contributed by atoms with Gasteiger partial charge in [-0.15, -0.1) is 0 Å². The van der Waals surface area contributed by atoms with Crippen LogP contribution < -0.4 is 0 Å². The maximum Gasteiger partial charge on any atom is 0.408 e. The topological polar surface area (TPSA) is 122 Å². The molecule has 4 aromatic rings. The van der Waals surface area contributed by atoms with E-state index in [1.54, 1.807) is 38.1 Å². The van der Waals surface area contributed by atoms with Gasteiger partial charge in [-0.3, -0.25) is 4.90 Å². The number of nitrogens with zero attached hydrogens (tertiary/aromatic N) is 2. The van der Waals surface area contributed by atoms with E-state index in [1.165, 1.54) is 9.80 Å². The molecule has 0 aromatic heterocycles. The molecule has 4 N–H and O–H groups in total. The Hall–Kier alpha value is -4.40. The lowest BCUT2D eigenvalue weighted by Gasteiger charge is -2.50. The van der Waals surface area contributed by atoms with E-state index in [1.807, 2.05) is 60.7 Å². The molecule has 2 aliphatic rings. The van der Waals surface area contributed by atoms with Crippen LogP contribution in [0.2, 0.25) is 10.0 Å². The Morgan fingerprint density at radius 1 is 0.680 bits per heavy atom. The quantitative estimate of drug-likeness (QED) is 0.137. The van der Waals surface area contributed by atoms with Gasteiger partial charge in [0, 0.05) is 40.5 Å². The van der Waals surface area contributed by atoms with E-state index < -0.39 is 29.8 Å². The molecule has 0 bridgehead atoms. The number of phenolic OH excluding ortho intramolecular Hbond substituents is 2. The Morgan fingerprint density at radius 3 is 1.56 bits per heavy atom. The average Bonchev–Trinajstić information content (AvgIpc) is 3.06. The molecule has 262 valence electrons. The van der Waals surface area contributed by atoms with Crippen LogP contribution >= 0.6 is 23.2 Å². The molecule has 0 fully saturated rings. The Balaban J connectivity index is 1.36. The van der Waals surface area contributed by atoms with E-state index >= 15 is 0 Å². The summed E-state index contributed by atoms with van der Waals surface area (Å²) in [5.74, 6) is -0.374. The number of amides is 2. The van der Waals surface area contributed by atoms with Crippen molar-refractivity contribution in [2.75, 3.05) is 6.54 Å². The van der Waals surface area contributed by atoms with Crippen LogP contribution in [0.4, 0.5) is 9.59 Å². The van der Waals surface area contributed by atoms with Gasteiger partial charge in [0.05, 0.1) is 5.54 Å². The van der Waals surface area contributed by atoms with E-state index in [0.717, 1.165) is 33.4 Å². The number of aromatic hydroxyl groups is 2. The van der Waals surface area contributed by atoms with E-state index in [-0.39, 0.29) is 29.9 Å². The van der Waals surface area contributed by atoms with Crippen LogP contribution in [0.25, 0.3) is 0 Å². The van der Waals surface area contributed by atoms with Gasteiger partial charge in [0.1, 0.15) is 11.5 Å². The van der Waals surface area contributed by atoms with Crippen molar-refractivity contribution in [2.45, 2.75) is 81.8 Å². The van der Waals surface area contributed by atoms with Crippen LogP contribution in [-0.4, -0.2) is 66.6 Å². The van der Waals surface area contributed by atoms with Crippen molar-refractivity contribution in [3.63, 3.8) is 0 Å². The molecule has 0 saturated heterocycles. The summed E-state index contributed by atoms with van der Waals surface area (Å²) in [4.78, 5) is 29.5. The largest absolute Gasteiger partial charge is 0.508 e. The third-order valence-corrected chi connectivity index (χ3v) is 11.0. The Labute approximate surface area is 302 Å². The number of aryl methyl sites for hydroxylation is 2. The molecule has 0 spiro atoms. The molecule has 10 heteroatoms. The van der Waals surface area contributed by atoms with Crippen molar-refractivity contribution in [2.24, 2.45) is 0 Å². The van der Waals surface area contributed by atoms with Crippen molar-refractivity contribution in [3.05, 3.63) is 128 Å². The highest BCUT2D eigenvalue weighted by Gasteiger charge is 2.46. The molecule has 4 unspecified atom stereocenters. The zero-order valence-electron chi connectivity index (χ0n) is 28.1. The summed E-state index contributed by atoms with van der Waals surface area (Å²) in [6, 6.07) is 24.5. The summed E-state index contributed by atoms with van der Waals surface area (Å²) in [6.07, 6.45) is 1.07. The second-order valence-electron chi connectivity index (χ2n) is 14.2. The monoisotopic (exact) mass is 716 g/mol. The van der Waals surface area contributed by atoms with Gasteiger partial charge in [0.15, 0.2) is 0 Å². The number of fused-ring (bicyclic) bond motifs is 2. The van der Waals surface area contributed by atoms with Gasteiger partial charge in [0.25, 0.3) is 0 Å². The molecule has 50 heavy (non-hydrogen) atoms. The van der Waals surface area contributed by atoms with Gasteiger partial charge < -0.3 is 25.3 Å². The van der Waals surface area contributed by atoms with E-state index in [0.29, 0.717) is 48.6 Å². The minimum Gasteiger partial charge on any atom is -0.508 e. The van der Waals surface area contributed by atoms with Crippen LogP contribution in [0.1, 0.15) is 71.9 Å². The molecular formula is C40H42Cl2N2O6. The molecule has 0 radical (unpaired) electrons. The lowest BCUT2D eigenvalue weighted by Crippen LogP contribution is -2.62. The second kappa shape index (κ2) is 14.4. The van der Waals surface area contributed by atoms with Crippen LogP contribution in [-0.2, 0) is 25.7 Å². The number of benzene rings is 4. The maximum absolute atomic E-state index is 13.4. The molecule has 8 nitrogen and oxygen atoms in total. The molecule has 0 saturated carbocycles. The lowest BCUT2D eigenvalue weighted by molar-refractivity contribution is 0.0147. The molecule has 4 aromatic carbocycles. The highest BCUT2D eigenvalue weighted by Crippen LogP contribution is 2.43. The van der Waals surface area contributed by atoms with E-state index in [2.05, 4.69) is 0 Å². The molecule has 2 amide bonds. The minimum absolute atomic E-state index is 0.0678. The first-order valence-corrected chi connectivity index (χ1v) is 17.7. The third-order valence-electron chi connectivity index (χ3n) is 10.5. The highest BCUT2D eigenvalue weighted by atomic mass is 35.5. The first kappa shape index (κ1) is 35.4. The fourth-order valence-electron chi connectivity index (χ4n) is 8.33. The maximum atomic E-state index is 13.4. The van der Waals surface area contributed by atoms with E-state index in [9.17, 15) is 30.0 Å². The smallest absolute Gasteiger partial charge is 0.408 e.